The average molecular weight is 413 g/mol. The maximum Gasteiger partial charge on any atom is 0.500 e. The zero-order chi connectivity index (χ0) is 19.8. The minimum atomic E-state index is -2.44. The number of hydrogen-bond donors (Lipinski definition) is 0. The summed E-state index contributed by atoms with van der Waals surface area (Å²) in [6.07, 6.45) is 3.74. The third kappa shape index (κ3) is 6.42. The van der Waals surface area contributed by atoms with Crippen LogP contribution >= 0.6 is 0 Å². The van der Waals surface area contributed by atoms with Crippen molar-refractivity contribution in [2.75, 3.05) is 21.3 Å². The van der Waals surface area contributed by atoms with Gasteiger partial charge in [-0.05, 0) is 0 Å². The molecule has 0 N–H and O–H groups in total. The van der Waals surface area contributed by atoms with Crippen LogP contribution in [-0.4, -0.2) is 46.3 Å². The molecule has 3 nitrogen and oxygen atoms in total. The molecule has 26 heavy (non-hydrogen) atoms. The molecule has 0 aliphatic rings. The predicted octanol–water partition coefficient (Wildman–Crippen LogP) is 4.59. The van der Waals surface area contributed by atoms with Crippen LogP contribution in [0.5, 0.6) is 0 Å². The Bertz CT molecular complexity index is 517. The fraction of sp³-hybridized carbons (Fsp3) is 0.700. The molecule has 0 unspecified atom stereocenters. The van der Waals surface area contributed by atoms with Gasteiger partial charge >= 0.3 is 8.80 Å². The molecule has 150 valence electrons. The van der Waals surface area contributed by atoms with Crippen LogP contribution < -0.4 is 10.4 Å². The van der Waals surface area contributed by atoms with E-state index in [0.717, 1.165) is 12.5 Å². The Kier molecular flexibility index (Phi) is 9.46. The van der Waals surface area contributed by atoms with Gasteiger partial charge in [0.1, 0.15) is 0 Å². The fourth-order valence-electron chi connectivity index (χ4n) is 3.58. The highest BCUT2D eigenvalue weighted by Crippen LogP contribution is 2.21. The van der Waals surface area contributed by atoms with Gasteiger partial charge in [0.2, 0.25) is 0 Å². The van der Waals surface area contributed by atoms with E-state index in [0.29, 0.717) is 0 Å². The summed E-state index contributed by atoms with van der Waals surface area (Å²) in [7, 11) is -0.0697. The molecule has 1 aromatic rings. The molecule has 0 saturated carbocycles. The van der Waals surface area contributed by atoms with Crippen molar-refractivity contribution < 1.29 is 13.3 Å². The highest BCUT2D eigenvalue weighted by Gasteiger charge is 2.38. The minimum absolute atomic E-state index is 0.891. The van der Waals surface area contributed by atoms with Crippen molar-refractivity contribution in [3.05, 3.63) is 24.3 Å². The summed E-state index contributed by atoms with van der Waals surface area (Å²) in [5.74, 6) is 0. The normalized spacial score (nSPS) is 13.2. The second kappa shape index (κ2) is 10.3. The van der Waals surface area contributed by atoms with Crippen LogP contribution in [-0.2, 0) is 13.3 Å². The second-order valence-corrected chi connectivity index (χ2v) is 21.4. The summed E-state index contributed by atoms with van der Waals surface area (Å²) in [5, 5.41) is 3.16. The number of benzene rings is 1. The average Bonchev–Trinajstić information content (AvgIpc) is 2.64. The monoisotopic (exact) mass is 412 g/mol. The van der Waals surface area contributed by atoms with Gasteiger partial charge in [0.15, 0.2) is 0 Å². The van der Waals surface area contributed by atoms with Crippen LogP contribution in [0.4, 0.5) is 0 Å². The van der Waals surface area contributed by atoms with Gasteiger partial charge in [-0.1, -0.05) is 99.1 Å². The van der Waals surface area contributed by atoms with Gasteiger partial charge in [-0.15, -0.1) is 0 Å². The molecule has 0 aromatic heterocycles. The van der Waals surface area contributed by atoms with E-state index in [9.17, 15) is 0 Å². The van der Waals surface area contributed by atoms with Crippen molar-refractivity contribution in [1.29, 1.82) is 0 Å². The van der Waals surface area contributed by atoms with Crippen molar-refractivity contribution in [2.45, 2.75) is 70.5 Å². The molecule has 0 bridgehead atoms. The molecule has 0 spiro atoms. The Morgan fingerprint density at radius 2 is 1.04 bits per heavy atom. The molecule has 1 rings (SSSR count). The molecule has 0 fully saturated rings. The van der Waals surface area contributed by atoms with E-state index < -0.39 is 25.0 Å². The Morgan fingerprint density at radius 1 is 0.654 bits per heavy atom. The summed E-state index contributed by atoms with van der Waals surface area (Å²) in [4.78, 5) is 0. The van der Waals surface area contributed by atoms with E-state index in [2.05, 4.69) is 57.4 Å². The van der Waals surface area contributed by atoms with Crippen LogP contribution in [0.25, 0.3) is 0 Å². The smallest absolute Gasteiger partial charge is 0.377 e. The maximum absolute atomic E-state index is 5.56. The summed E-state index contributed by atoms with van der Waals surface area (Å²) < 4.78 is 16.7. The number of unbranched alkanes of at least 4 members (excludes halogenated alkanes) is 1. The lowest BCUT2D eigenvalue weighted by atomic mass is 10.4. The van der Waals surface area contributed by atoms with E-state index in [1.54, 1.807) is 31.7 Å². The molecule has 0 saturated heterocycles. The van der Waals surface area contributed by atoms with Crippen molar-refractivity contribution in [2.24, 2.45) is 0 Å². The SMILES string of the molecule is CCCC[Si](C)(C)c1ccc([Si](C)(C)CCC[Si](OC)(OC)OC)cc1. The topological polar surface area (TPSA) is 27.7 Å². The number of rotatable bonds is 12. The Hall–Kier alpha value is -0.249. The van der Waals surface area contributed by atoms with Gasteiger partial charge in [-0.25, -0.2) is 0 Å². The zero-order valence-corrected chi connectivity index (χ0v) is 21.3. The standard InChI is InChI=1S/C20H40O3Si3/c1-9-10-16-24(5,6)19-12-14-20(15-13-19)25(7,8)17-11-18-26(21-2,22-3)23-4/h12-15H,9-11,16-18H2,1-8H3. The first-order valence-electron chi connectivity index (χ1n) is 9.93. The molecule has 0 radical (unpaired) electrons. The summed E-state index contributed by atoms with van der Waals surface area (Å²) >= 11 is 0. The quantitative estimate of drug-likeness (QED) is 0.470. The lowest BCUT2D eigenvalue weighted by molar-refractivity contribution is 0.123. The first kappa shape index (κ1) is 23.8. The minimum Gasteiger partial charge on any atom is -0.377 e. The highest BCUT2D eigenvalue weighted by atomic mass is 28.4. The van der Waals surface area contributed by atoms with Gasteiger partial charge in [0.25, 0.3) is 0 Å². The lowest BCUT2D eigenvalue weighted by Crippen LogP contribution is -2.46. The molecule has 0 aliphatic heterocycles. The zero-order valence-electron chi connectivity index (χ0n) is 18.3. The number of hydrogen-bond acceptors (Lipinski definition) is 3. The largest absolute Gasteiger partial charge is 0.500 e. The molecule has 0 heterocycles. The molecule has 0 atom stereocenters. The molecule has 0 amide bonds. The van der Waals surface area contributed by atoms with E-state index in [1.807, 2.05) is 0 Å². The van der Waals surface area contributed by atoms with Crippen LogP contribution in [0, 0.1) is 0 Å². The van der Waals surface area contributed by atoms with E-state index in [4.69, 9.17) is 13.3 Å². The van der Waals surface area contributed by atoms with E-state index in [-0.39, 0.29) is 0 Å². The van der Waals surface area contributed by atoms with Crippen LogP contribution in [0.2, 0.25) is 44.3 Å². The van der Waals surface area contributed by atoms with Gasteiger partial charge < -0.3 is 13.3 Å². The molecule has 6 heteroatoms. The van der Waals surface area contributed by atoms with Crippen molar-refractivity contribution in [1.82, 2.24) is 0 Å². The van der Waals surface area contributed by atoms with Crippen LogP contribution in [0.1, 0.15) is 26.2 Å². The van der Waals surface area contributed by atoms with E-state index in [1.165, 1.54) is 24.9 Å². The Morgan fingerprint density at radius 3 is 1.38 bits per heavy atom. The Labute approximate surface area is 164 Å². The summed E-state index contributed by atoms with van der Waals surface area (Å²) in [6, 6.07) is 13.2. The summed E-state index contributed by atoms with van der Waals surface area (Å²) in [6.45, 7) is 12.2. The van der Waals surface area contributed by atoms with Crippen LogP contribution in [0.15, 0.2) is 24.3 Å². The third-order valence-corrected chi connectivity index (χ3v) is 15.7. The second-order valence-electron chi connectivity index (χ2n) is 8.60. The van der Waals surface area contributed by atoms with E-state index >= 15 is 0 Å². The van der Waals surface area contributed by atoms with Gasteiger partial charge in [0.05, 0.1) is 16.1 Å². The predicted molar refractivity (Wildman–Crippen MR) is 121 cm³/mol. The highest BCUT2D eigenvalue weighted by molar-refractivity contribution is 6.91. The van der Waals surface area contributed by atoms with Crippen molar-refractivity contribution in [3.63, 3.8) is 0 Å². The first-order valence-corrected chi connectivity index (χ1v) is 18.3. The summed E-state index contributed by atoms with van der Waals surface area (Å²) in [5.41, 5.74) is 0. The first-order chi connectivity index (χ1) is 12.2. The molecule has 0 aliphatic carbocycles. The third-order valence-electron chi connectivity index (χ3n) is 5.82. The Balaban J connectivity index is 2.75. The maximum atomic E-state index is 5.56. The van der Waals surface area contributed by atoms with Gasteiger partial charge in [-0.3, -0.25) is 0 Å². The van der Waals surface area contributed by atoms with Gasteiger partial charge in [0, 0.05) is 27.4 Å². The van der Waals surface area contributed by atoms with Gasteiger partial charge in [-0.2, -0.15) is 0 Å². The lowest BCUT2D eigenvalue weighted by Gasteiger charge is -2.28. The molecular weight excluding hydrogens is 372 g/mol. The molecular formula is C20H40O3Si3. The van der Waals surface area contributed by atoms with Crippen molar-refractivity contribution >= 4 is 35.3 Å². The van der Waals surface area contributed by atoms with Crippen LogP contribution in [0.3, 0.4) is 0 Å². The molecule has 1 aromatic carbocycles. The van der Waals surface area contributed by atoms with Crippen molar-refractivity contribution in [3.8, 4) is 0 Å². The fourth-order valence-corrected chi connectivity index (χ4v) is 10.7.